The second-order valence-electron chi connectivity index (χ2n) is 12.3. The predicted molar refractivity (Wildman–Crippen MR) is 183 cm³/mol. The summed E-state index contributed by atoms with van der Waals surface area (Å²) in [7, 11) is -0.513. The average molecular weight is 782 g/mol. The van der Waals surface area contributed by atoms with Crippen molar-refractivity contribution in [2.75, 3.05) is 39.6 Å². The maximum absolute atomic E-state index is 13.7. The van der Waals surface area contributed by atoms with Crippen LogP contribution in [0.15, 0.2) is 48.8 Å². The third-order valence-electron chi connectivity index (χ3n) is 7.78. The normalized spacial score (nSPS) is 15.0. The molecule has 5 rings (SSSR count). The molecule has 0 spiro atoms. The molecule has 3 aromatic rings. The molecular formula is C33H37Cl3F2N2O9S. The second kappa shape index (κ2) is 17.3. The summed E-state index contributed by atoms with van der Waals surface area (Å²) < 4.78 is 79.9. The minimum Gasteiger partial charge on any atom is -0.619 e. The Hall–Kier alpha value is -3.30. The van der Waals surface area contributed by atoms with E-state index in [-0.39, 0.29) is 76.3 Å². The molecule has 1 unspecified atom stereocenters. The summed E-state index contributed by atoms with van der Waals surface area (Å²) in [6, 6.07) is 8.17. The summed E-state index contributed by atoms with van der Waals surface area (Å²) in [6.07, 6.45) is 4.79. The van der Waals surface area contributed by atoms with Crippen LogP contribution in [0, 0.1) is 17.0 Å². The number of ether oxygens (including phenoxy) is 4. The smallest absolute Gasteiger partial charge is 0.387 e. The molecule has 1 atom stereocenters. The SMILES string of the molecule is CN(C)CCS(=O)(=O)Oc1ccc(C(=O)OC(Cc2c(Cl)c[n+]([O-])cc2Cl)c2ccc(OC(F)F)c(OCC3CC3)c2)cc1OCC1CC1.Cl. The van der Waals surface area contributed by atoms with Crippen LogP contribution < -0.4 is 23.1 Å². The fourth-order valence-electron chi connectivity index (χ4n) is 4.64. The van der Waals surface area contributed by atoms with Crippen LogP contribution >= 0.6 is 35.6 Å². The maximum Gasteiger partial charge on any atom is 0.387 e. The third-order valence-corrected chi connectivity index (χ3v) is 9.55. The van der Waals surface area contributed by atoms with Gasteiger partial charge in [-0.1, -0.05) is 29.3 Å². The molecule has 1 heterocycles. The van der Waals surface area contributed by atoms with E-state index in [1.807, 2.05) is 0 Å². The van der Waals surface area contributed by atoms with Gasteiger partial charge in [0.25, 0.3) is 0 Å². The molecule has 2 aliphatic rings. The molecule has 2 aromatic carbocycles. The van der Waals surface area contributed by atoms with Gasteiger partial charge < -0.3 is 33.2 Å². The zero-order valence-electron chi connectivity index (χ0n) is 27.2. The van der Waals surface area contributed by atoms with Crippen LogP contribution in [0.2, 0.25) is 10.0 Å². The van der Waals surface area contributed by atoms with Gasteiger partial charge in [0, 0.05) is 18.5 Å². The Morgan fingerprint density at radius 1 is 0.940 bits per heavy atom. The van der Waals surface area contributed by atoms with Gasteiger partial charge in [-0.15, -0.1) is 12.4 Å². The molecular weight excluding hydrogens is 745 g/mol. The van der Waals surface area contributed by atoms with Gasteiger partial charge in [0.2, 0.25) is 0 Å². The molecule has 2 aliphatic carbocycles. The number of esters is 1. The van der Waals surface area contributed by atoms with Gasteiger partial charge in [-0.05, 0) is 87.5 Å². The van der Waals surface area contributed by atoms with E-state index in [2.05, 4.69) is 4.74 Å². The molecule has 2 saturated carbocycles. The Labute approximate surface area is 305 Å². The lowest BCUT2D eigenvalue weighted by molar-refractivity contribution is -0.605. The van der Waals surface area contributed by atoms with E-state index in [0.29, 0.717) is 34.3 Å². The first-order chi connectivity index (χ1) is 23.3. The predicted octanol–water partition coefficient (Wildman–Crippen LogP) is 6.64. The number of alkyl halides is 2. The third kappa shape index (κ3) is 11.6. The van der Waals surface area contributed by atoms with Gasteiger partial charge in [-0.25, -0.2) is 4.79 Å². The van der Waals surface area contributed by atoms with Crippen molar-refractivity contribution >= 4 is 51.7 Å². The zero-order chi connectivity index (χ0) is 35.3. The summed E-state index contributed by atoms with van der Waals surface area (Å²) in [5.74, 6) is -0.694. The molecule has 0 aliphatic heterocycles. The molecule has 2 fully saturated rings. The molecule has 50 heavy (non-hydrogen) atoms. The lowest BCUT2D eigenvalue weighted by Gasteiger charge is -2.22. The molecule has 0 radical (unpaired) electrons. The molecule has 274 valence electrons. The number of rotatable bonds is 18. The fourth-order valence-corrected chi connectivity index (χ4v) is 6.32. The molecule has 0 bridgehead atoms. The monoisotopic (exact) mass is 780 g/mol. The Morgan fingerprint density at radius 3 is 2.08 bits per heavy atom. The van der Waals surface area contributed by atoms with Gasteiger partial charge >= 0.3 is 22.7 Å². The van der Waals surface area contributed by atoms with Crippen LogP contribution in [0.3, 0.4) is 0 Å². The second-order valence-corrected chi connectivity index (χ2v) is 14.8. The highest BCUT2D eigenvalue weighted by Crippen LogP contribution is 2.39. The van der Waals surface area contributed by atoms with Crippen molar-refractivity contribution in [1.82, 2.24) is 4.90 Å². The first-order valence-corrected chi connectivity index (χ1v) is 17.9. The highest BCUT2D eigenvalue weighted by Gasteiger charge is 2.28. The van der Waals surface area contributed by atoms with Crippen molar-refractivity contribution in [3.8, 4) is 23.0 Å². The van der Waals surface area contributed by atoms with E-state index in [1.54, 1.807) is 19.0 Å². The maximum atomic E-state index is 13.7. The number of benzene rings is 2. The molecule has 1 aromatic heterocycles. The number of carbonyl (C=O) groups is 1. The van der Waals surface area contributed by atoms with Gasteiger partial charge in [-0.3, -0.25) is 0 Å². The van der Waals surface area contributed by atoms with Crippen molar-refractivity contribution < 1.29 is 49.9 Å². The van der Waals surface area contributed by atoms with Crippen LogP contribution in [0.5, 0.6) is 23.0 Å². The van der Waals surface area contributed by atoms with Crippen LogP contribution in [-0.4, -0.2) is 65.5 Å². The van der Waals surface area contributed by atoms with Crippen LogP contribution in [0.4, 0.5) is 8.78 Å². The van der Waals surface area contributed by atoms with Crippen LogP contribution in [0.25, 0.3) is 0 Å². The number of aromatic nitrogens is 1. The van der Waals surface area contributed by atoms with Crippen molar-refractivity contribution in [2.24, 2.45) is 11.8 Å². The highest BCUT2D eigenvalue weighted by atomic mass is 35.5. The summed E-state index contributed by atoms with van der Waals surface area (Å²) >= 11 is 12.7. The molecule has 0 amide bonds. The summed E-state index contributed by atoms with van der Waals surface area (Å²) in [4.78, 5) is 15.4. The Bertz CT molecular complexity index is 1740. The van der Waals surface area contributed by atoms with E-state index in [4.69, 9.17) is 41.6 Å². The quantitative estimate of drug-likeness (QED) is 0.0600. The highest BCUT2D eigenvalue weighted by molar-refractivity contribution is 7.87. The summed E-state index contributed by atoms with van der Waals surface area (Å²) in [5, 5.41) is 11.9. The number of hydrogen-bond donors (Lipinski definition) is 0. The van der Waals surface area contributed by atoms with Gasteiger partial charge in [0.1, 0.15) is 16.1 Å². The van der Waals surface area contributed by atoms with Crippen LogP contribution in [0.1, 0.15) is 53.3 Å². The zero-order valence-corrected chi connectivity index (χ0v) is 30.3. The van der Waals surface area contributed by atoms with Gasteiger partial charge in [0.15, 0.2) is 35.4 Å². The average Bonchev–Trinajstić information content (AvgIpc) is 3.96. The Balaban J connectivity index is 0.00000562. The number of hydrogen-bond acceptors (Lipinski definition) is 10. The Morgan fingerprint density at radius 2 is 1.52 bits per heavy atom. The lowest BCUT2D eigenvalue weighted by atomic mass is 10.0. The number of carbonyl (C=O) groups excluding carboxylic acids is 1. The van der Waals surface area contributed by atoms with E-state index in [9.17, 15) is 27.2 Å². The molecule has 17 heteroatoms. The number of nitrogens with zero attached hydrogens (tertiary/aromatic N) is 2. The summed E-state index contributed by atoms with van der Waals surface area (Å²) in [6.45, 7) is -2.28. The standard InChI is InChI=1S/C33H36Cl2F2N2O9S.ClH/c1-38(2)11-12-49(42,43)48-28-10-8-23(14-31(28)45-19-21-5-6-21)32(40)46-29(15-24-25(34)16-39(41)17-26(24)35)22-7-9-27(47-33(36)37)30(13-22)44-18-20-3-4-20;/h7-10,13-14,16-17,20-21,29,33H,3-6,11-12,15,18-19H2,1-2H3;1H. The van der Waals surface area contributed by atoms with E-state index in [1.165, 1.54) is 36.4 Å². The molecule has 0 saturated heterocycles. The van der Waals surface area contributed by atoms with E-state index >= 15 is 0 Å². The largest absolute Gasteiger partial charge is 0.619 e. The van der Waals surface area contributed by atoms with E-state index in [0.717, 1.165) is 38.1 Å². The van der Waals surface area contributed by atoms with Crippen molar-refractivity contribution in [3.05, 3.63) is 80.7 Å². The molecule has 0 N–H and O–H groups in total. The van der Waals surface area contributed by atoms with Crippen molar-refractivity contribution in [3.63, 3.8) is 0 Å². The number of halogens is 5. The first kappa shape index (κ1) is 39.5. The van der Waals surface area contributed by atoms with Crippen molar-refractivity contribution in [1.29, 1.82) is 0 Å². The topological polar surface area (TPSA) is 128 Å². The van der Waals surface area contributed by atoms with Gasteiger partial charge in [-0.2, -0.15) is 21.9 Å². The first-order valence-electron chi connectivity index (χ1n) is 15.6. The minimum absolute atomic E-state index is 0. The fraction of sp³-hybridized carbons (Fsp3) is 0.455. The van der Waals surface area contributed by atoms with Crippen molar-refractivity contribution in [2.45, 2.75) is 44.8 Å². The molecule has 11 nitrogen and oxygen atoms in total. The van der Waals surface area contributed by atoms with E-state index < -0.39 is 28.8 Å². The van der Waals surface area contributed by atoms with Gasteiger partial charge in [0.05, 0.1) is 24.5 Å². The Kier molecular flexibility index (Phi) is 13.6. The lowest BCUT2D eigenvalue weighted by Crippen LogP contribution is -2.25. The van der Waals surface area contributed by atoms with Crippen LogP contribution in [-0.2, 0) is 21.3 Å². The summed E-state index contributed by atoms with van der Waals surface area (Å²) in [5.41, 5.74) is 0.643. The number of pyridine rings is 1. The minimum atomic E-state index is -3.99.